The van der Waals surface area contributed by atoms with E-state index in [4.69, 9.17) is 2.74 Å². The van der Waals surface area contributed by atoms with Crippen LogP contribution in [0, 0.1) is 0 Å². The smallest absolute Gasteiger partial charge is 0.203 e. The number of hydrogen-bond donors (Lipinski definition) is 1. The largest absolute Gasteiger partial charge is 0.352 e. The fourth-order valence-electron chi connectivity index (χ4n) is 1.91. The number of aromatic nitrogens is 2. The summed E-state index contributed by atoms with van der Waals surface area (Å²) in [6.45, 7) is -1.67. The lowest BCUT2D eigenvalue weighted by Crippen LogP contribution is -2.04. The van der Waals surface area contributed by atoms with Crippen molar-refractivity contribution in [2.24, 2.45) is 7.05 Å². The van der Waals surface area contributed by atoms with Crippen molar-refractivity contribution in [1.29, 1.82) is 0 Å². The van der Waals surface area contributed by atoms with E-state index >= 15 is 0 Å². The minimum Gasteiger partial charge on any atom is -0.352 e. The average molecular weight is 239 g/mol. The lowest BCUT2D eigenvalue weighted by Gasteiger charge is -2.06. The number of benzene rings is 2. The molecule has 0 atom stereocenters. The summed E-state index contributed by atoms with van der Waals surface area (Å²) in [6, 6.07) is 16.8. The Morgan fingerprint density at radius 2 is 1.83 bits per heavy atom. The van der Waals surface area contributed by atoms with Gasteiger partial charge >= 0.3 is 0 Å². The summed E-state index contributed by atoms with van der Waals surface area (Å²) in [4.78, 5) is 4.43. The van der Waals surface area contributed by atoms with Crippen molar-refractivity contribution >= 4 is 17.0 Å². The van der Waals surface area contributed by atoms with Gasteiger partial charge in [0.25, 0.3) is 0 Å². The molecule has 3 nitrogen and oxygen atoms in total. The number of nitrogens with zero attached hydrogens (tertiary/aromatic N) is 2. The molecule has 3 heteroatoms. The maximum atomic E-state index is 8.18. The molecule has 1 N–H and O–H groups in total. The first-order valence-corrected chi connectivity index (χ1v) is 5.83. The van der Waals surface area contributed by atoms with Gasteiger partial charge in [0.05, 0.1) is 13.8 Å². The topological polar surface area (TPSA) is 29.9 Å². The van der Waals surface area contributed by atoms with Crippen LogP contribution in [0.3, 0.4) is 0 Å². The number of para-hydroxylation sites is 2. The van der Waals surface area contributed by atoms with Gasteiger partial charge in [-0.25, -0.2) is 4.98 Å². The molecule has 0 fully saturated rings. The molecule has 1 heterocycles. The standard InChI is InChI=1S/C15H15N3/c1-18-14-10-6-5-9-13(14)17-15(18)16-11-12-7-3-2-4-8-12/h2-10H,11H2,1H3,(H,16,17)/i11D2. The van der Waals surface area contributed by atoms with E-state index in [1.807, 2.05) is 54.1 Å². The van der Waals surface area contributed by atoms with Crippen LogP contribution in [0.5, 0.6) is 0 Å². The van der Waals surface area contributed by atoms with Gasteiger partial charge in [0.2, 0.25) is 5.95 Å². The fourth-order valence-corrected chi connectivity index (χ4v) is 1.91. The Balaban J connectivity index is 1.99. The summed E-state index contributed by atoms with van der Waals surface area (Å²) in [5.74, 6) is 0.514. The molecule has 0 aliphatic carbocycles. The van der Waals surface area contributed by atoms with E-state index in [1.165, 1.54) is 0 Å². The summed E-state index contributed by atoms with van der Waals surface area (Å²) in [5, 5.41) is 2.88. The van der Waals surface area contributed by atoms with E-state index in [2.05, 4.69) is 10.3 Å². The van der Waals surface area contributed by atoms with Gasteiger partial charge in [0, 0.05) is 13.5 Å². The molecule has 1 aromatic heterocycles. The highest BCUT2D eigenvalue weighted by molar-refractivity contribution is 5.78. The van der Waals surface area contributed by atoms with E-state index in [9.17, 15) is 0 Å². The van der Waals surface area contributed by atoms with Crippen LogP contribution < -0.4 is 5.32 Å². The normalized spacial score (nSPS) is 13.2. The molecule has 2 aromatic carbocycles. The number of aryl methyl sites for hydroxylation is 1. The molecule has 3 aromatic rings. The molecule has 3 rings (SSSR count). The van der Waals surface area contributed by atoms with Crippen LogP contribution in [0.15, 0.2) is 54.6 Å². The summed E-state index contributed by atoms with van der Waals surface area (Å²) < 4.78 is 18.2. The predicted molar refractivity (Wildman–Crippen MR) is 74.5 cm³/mol. The number of fused-ring (bicyclic) bond motifs is 1. The van der Waals surface area contributed by atoms with Crippen molar-refractivity contribution in [3.63, 3.8) is 0 Å². The first-order valence-electron chi connectivity index (χ1n) is 6.83. The molecule has 18 heavy (non-hydrogen) atoms. The molecule has 0 saturated heterocycles. The highest BCUT2D eigenvalue weighted by Crippen LogP contribution is 2.17. The van der Waals surface area contributed by atoms with Gasteiger partial charge in [-0.2, -0.15) is 0 Å². The van der Waals surface area contributed by atoms with Crippen molar-refractivity contribution in [2.75, 3.05) is 5.32 Å². The molecule has 0 saturated carbocycles. The van der Waals surface area contributed by atoms with E-state index < -0.39 is 6.50 Å². The van der Waals surface area contributed by atoms with Gasteiger partial charge in [-0.1, -0.05) is 42.5 Å². The number of imidazole rings is 1. The monoisotopic (exact) mass is 239 g/mol. The molecule has 0 bridgehead atoms. The van der Waals surface area contributed by atoms with Crippen LogP contribution in [0.4, 0.5) is 5.95 Å². The highest BCUT2D eigenvalue weighted by Gasteiger charge is 2.05. The molecule has 90 valence electrons. The Hall–Kier alpha value is -2.29. The summed E-state index contributed by atoms with van der Waals surface area (Å²) in [7, 11) is 1.87. The zero-order valence-corrected chi connectivity index (χ0v) is 10.1. The fraction of sp³-hybridized carbons (Fsp3) is 0.133. The minimum absolute atomic E-state index is 0.514. The maximum absolute atomic E-state index is 8.18. The average Bonchev–Trinajstić information content (AvgIpc) is 2.76. The molecular formula is C15H15N3. The quantitative estimate of drug-likeness (QED) is 0.760. The van der Waals surface area contributed by atoms with Gasteiger partial charge in [-0.15, -0.1) is 0 Å². The first kappa shape index (κ1) is 8.75. The molecule has 0 amide bonds. The molecule has 0 aliphatic rings. The van der Waals surface area contributed by atoms with Crippen LogP contribution in [-0.4, -0.2) is 9.55 Å². The van der Waals surface area contributed by atoms with E-state index in [0.717, 1.165) is 11.0 Å². The van der Waals surface area contributed by atoms with Crippen molar-refractivity contribution < 1.29 is 2.74 Å². The third kappa shape index (κ3) is 1.95. The van der Waals surface area contributed by atoms with Gasteiger partial charge in [-0.3, -0.25) is 0 Å². The van der Waals surface area contributed by atoms with Crippen LogP contribution in [0.2, 0.25) is 0 Å². The lowest BCUT2D eigenvalue weighted by molar-refractivity contribution is 0.927. The van der Waals surface area contributed by atoms with Gasteiger partial charge in [0.15, 0.2) is 0 Å². The molecule has 0 radical (unpaired) electrons. The number of nitrogens with one attached hydrogen (secondary N) is 1. The number of anilines is 1. The minimum atomic E-state index is -1.67. The number of hydrogen-bond acceptors (Lipinski definition) is 2. The van der Waals surface area contributed by atoms with E-state index in [-0.39, 0.29) is 0 Å². The van der Waals surface area contributed by atoms with E-state index in [0.29, 0.717) is 11.5 Å². The Morgan fingerprint density at radius 3 is 2.61 bits per heavy atom. The number of rotatable bonds is 3. The third-order valence-corrected chi connectivity index (χ3v) is 2.88. The van der Waals surface area contributed by atoms with Crippen molar-refractivity contribution in [3.8, 4) is 0 Å². The Labute approximate surface area is 109 Å². The van der Waals surface area contributed by atoms with Crippen molar-refractivity contribution in [1.82, 2.24) is 9.55 Å². The summed E-state index contributed by atoms with van der Waals surface area (Å²) in [5.41, 5.74) is 2.40. The van der Waals surface area contributed by atoms with E-state index in [1.54, 1.807) is 12.1 Å². The maximum Gasteiger partial charge on any atom is 0.203 e. The summed E-state index contributed by atoms with van der Waals surface area (Å²) >= 11 is 0. The summed E-state index contributed by atoms with van der Waals surface area (Å²) in [6.07, 6.45) is 0. The molecule has 0 aliphatic heterocycles. The van der Waals surface area contributed by atoms with Gasteiger partial charge in [-0.05, 0) is 17.7 Å². The first-order chi connectivity index (χ1) is 9.58. The molecule has 0 spiro atoms. The lowest BCUT2D eigenvalue weighted by atomic mass is 10.2. The Kier molecular flexibility index (Phi) is 2.20. The van der Waals surface area contributed by atoms with Crippen LogP contribution in [-0.2, 0) is 13.5 Å². The Bertz CT molecular complexity index is 735. The predicted octanol–water partition coefficient (Wildman–Crippen LogP) is 3.19. The third-order valence-electron chi connectivity index (χ3n) is 2.88. The highest BCUT2D eigenvalue weighted by atomic mass is 15.2. The zero-order valence-electron chi connectivity index (χ0n) is 12.1. The second-order valence-electron chi connectivity index (χ2n) is 4.10. The molecular weight excluding hydrogens is 222 g/mol. The Morgan fingerprint density at radius 1 is 1.11 bits per heavy atom. The zero-order chi connectivity index (χ0) is 14.2. The van der Waals surface area contributed by atoms with Crippen molar-refractivity contribution in [3.05, 3.63) is 60.2 Å². The molecule has 0 unspecified atom stereocenters. The van der Waals surface area contributed by atoms with Crippen LogP contribution in [0.25, 0.3) is 11.0 Å². The van der Waals surface area contributed by atoms with Crippen LogP contribution >= 0.6 is 0 Å². The van der Waals surface area contributed by atoms with Gasteiger partial charge < -0.3 is 9.88 Å². The second-order valence-corrected chi connectivity index (χ2v) is 4.10. The second kappa shape index (κ2) is 4.53. The van der Waals surface area contributed by atoms with Crippen LogP contribution in [0.1, 0.15) is 8.30 Å². The van der Waals surface area contributed by atoms with Crippen molar-refractivity contribution in [2.45, 2.75) is 6.50 Å². The SMILES string of the molecule is [2H]C([2H])(Nc1nc2ccccc2n1C)c1ccccc1. The van der Waals surface area contributed by atoms with Gasteiger partial charge in [0.1, 0.15) is 0 Å².